The molecule has 0 spiro atoms. The van der Waals surface area contributed by atoms with E-state index in [-0.39, 0.29) is 40.3 Å². The molecule has 0 unspecified atom stereocenters. The standard InChI is InChI=1S/C15H10O7.C7H17NO5/c16-7-4-10(19)12-11(5-7)22-15(14(21)13(12)20)6-1-2-8(17)9(18)3-6;1-8-2-4(10)6(12)7(13)5(11)3-9/h1-5,16-19,21H;4-13H,2-3H2,1H3/t;4-,5+,6+,7+/m.0/s1. The molecule has 2 aromatic carbocycles. The normalized spacial score (nSPS) is 14.6. The Kier molecular flexibility index (Phi) is 9.25. The highest BCUT2D eigenvalue weighted by Crippen LogP contribution is 2.37. The van der Waals surface area contributed by atoms with E-state index < -0.39 is 53.7 Å². The van der Waals surface area contributed by atoms with E-state index in [1.54, 1.807) is 7.05 Å². The molecule has 1 aromatic heterocycles. The number of aliphatic hydroxyl groups excluding tert-OH is 5. The van der Waals surface area contributed by atoms with E-state index in [4.69, 9.17) is 24.8 Å². The highest BCUT2D eigenvalue weighted by Gasteiger charge is 2.29. The molecule has 13 heteroatoms. The maximum Gasteiger partial charge on any atom is 0.238 e. The predicted octanol–water partition coefficient (Wildman–Crippen LogP) is -1.37. The van der Waals surface area contributed by atoms with Crippen LogP contribution in [0.3, 0.4) is 0 Å². The van der Waals surface area contributed by atoms with Crippen molar-refractivity contribution in [2.24, 2.45) is 0 Å². The van der Waals surface area contributed by atoms with Crippen molar-refractivity contribution in [2.45, 2.75) is 24.4 Å². The molecule has 1 heterocycles. The van der Waals surface area contributed by atoms with E-state index in [9.17, 15) is 35.4 Å². The van der Waals surface area contributed by atoms with E-state index in [1.165, 1.54) is 6.07 Å². The van der Waals surface area contributed by atoms with Crippen LogP contribution in [-0.2, 0) is 0 Å². The van der Waals surface area contributed by atoms with Crippen LogP contribution in [0.5, 0.6) is 28.7 Å². The topological polar surface area (TPSA) is 245 Å². The van der Waals surface area contributed by atoms with Crippen molar-refractivity contribution in [3.63, 3.8) is 0 Å². The lowest BCUT2D eigenvalue weighted by Gasteiger charge is -2.25. The third-order valence-corrected chi connectivity index (χ3v) is 4.91. The van der Waals surface area contributed by atoms with Crippen molar-refractivity contribution >= 4 is 11.0 Å². The van der Waals surface area contributed by atoms with Gasteiger partial charge in [0.25, 0.3) is 0 Å². The molecular formula is C22H27NO12. The van der Waals surface area contributed by atoms with Crippen LogP contribution >= 0.6 is 0 Å². The molecule has 192 valence electrons. The zero-order chi connectivity index (χ0) is 26.4. The van der Waals surface area contributed by atoms with Gasteiger partial charge in [0.15, 0.2) is 17.3 Å². The maximum atomic E-state index is 12.1. The summed E-state index contributed by atoms with van der Waals surface area (Å²) in [5.41, 5.74) is -0.890. The Morgan fingerprint density at radius 1 is 0.857 bits per heavy atom. The summed E-state index contributed by atoms with van der Waals surface area (Å²) in [6, 6.07) is 5.64. The molecule has 0 aliphatic heterocycles. The fourth-order valence-corrected chi connectivity index (χ4v) is 3.03. The van der Waals surface area contributed by atoms with Gasteiger partial charge in [-0.3, -0.25) is 4.79 Å². The van der Waals surface area contributed by atoms with Gasteiger partial charge in [-0.2, -0.15) is 0 Å². The molecule has 0 aliphatic carbocycles. The zero-order valence-corrected chi connectivity index (χ0v) is 18.4. The lowest BCUT2D eigenvalue weighted by atomic mass is 10.0. The summed E-state index contributed by atoms with van der Waals surface area (Å²) < 4.78 is 5.35. The number of rotatable bonds is 7. The first-order valence-electron chi connectivity index (χ1n) is 10.1. The van der Waals surface area contributed by atoms with Crippen molar-refractivity contribution in [1.29, 1.82) is 0 Å². The zero-order valence-electron chi connectivity index (χ0n) is 18.4. The highest BCUT2D eigenvalue weighted by molar-refractivity contribution is 5.88. The monoisotopic (exact) mass is 497 g/mol. The van der Waals surface area contributed by atoms with Gasteiger partial charge in [-0.1, -0.05) is 0 Å². The van der Waals surface area contributed by atoms with Gasteiger partial charge in [-0.05, 0) is 25.2 Å². The number of hydrogen-bond donors (Lipinski definition) is 11. The van der Waals surface area contributed by atoms with Crippen LogP contribution in [0.25, 0.3) is 22.3 Å². The Hall–Kier alpha value is -3.59. The minimum absolute atomic E-state index is 0.0936. The number of nitrogens with one attached hydrogen (secondary N) is 1. The lowest BCUT2D eigenvalue weighted by molar-refractivity contribution is -0.113. The molecule has 13 nitrogen and oxygen atoms in total. The first kappa shape index (κ1) is 27.7. The Labute approximate surface area is 197 Å². The number of benzene rings is 2. The van der Waals surface area contributed by atoms with Crippen LogP contribution in [0.2, 0.25) is 0 Å². The SMILES string of the molecule is CNC[C@H](O)[C@@H](O)[C@H](O)[C@H](O)CO.O=c1c(O)c(-c2ccc(O)c(O)c2)oc2cc(O)cc(O)c12. The molecule has 4 atom stereocenters. The van der Waals surface area contributed by atoms with Crippen molar-refractivity contribution in [2.75, 3.05) is 20.2 Å². The van der Waals surface area contributed by atoms with Crippen LogP contribution in [0, 0.1) is 0 Å². The highest BCUT2D eigenvalue weighted by atomic mass is 16.4. The molecule has 0 saturated carbocycles. The van der Waals surface area contributed by atoms with E-state index in [2.05, 4.69) is 5.32 Å². The first-order chi connectivity index (χ1) is 16.4. The summed E-state index contributed by atoms with van der Waals surface area (Å²) in [5, 5.41) is 95.1. The number of phenols is 4. The number of hydrogen-bond acceptors (Lipinski definition) is 13. The fourth-order valence-electron chi connectivity index (χ4n) is 3.03. The van der Waals surface area contributed by atoms with Gasteiger partial charge in [-0.15, -0.1) is 0 Å². The average Bonchev–Trinajstić information content (AvgIpc) is 2.81. The number of aromatic hydroxyl groups is 5. The number of aliphatic hydroxyl groups is 5. The van der Waals surface area contributed by atoms with E-state index in [1.807, 2.05) is 0 Å². The molecule has 0 fully saturated rings. The maximum absolute atomic E-state index is 12.1. The first-order valence-corrected chi connectivity index (χ1v) is 10.1. The predicted molar refractivity (Wildman–Crippen MR) is 121 cm³/mol. The van der Waals surface area contributed by atoms with Crippen molar-refractivity contribution in [3.05, 3.63) is 40.6 Å². The van der Waals surface area contributed by atoms with Crippen molar-refractivity contribution < 1.29 is 55.5 Å². The minimum atomic E-state index is -1.55. The van der Waals surface area contributed by atoms with Crippen LogP contribution in [0.4, 0.5) is 0 Å². The van der Waals surface area contributed by atoms with Crippen LogP contribution in [0.15, 0.2) is 39.5 Å². The summed E-state index contributed by atoms with van der Waals surface area (Å²) in [7, 11) is 1.57. The van der Waals surface area contributed by atoms with Gasteiger partial charge in [0.1, 0.15) is 40.8 Å². The molecule has 0 amide bonds. The second-order valence-electron chi connectivity index (χ2n) is 7.51. The van der Waals surface area contributed by atoms with Gasteiger partial charge >= 0.3 is 0 Å². The largest absolute Gasteiger partial charge is 0.508 e. The summed E-state index contributed by atoms with van der Waals surface area (Å²) in [6.45, 7) is -0.569. The number of likely N-dealkylation sites (N-methyl/N-ethyl adjacent to an activating group) is 1. The number of fused-ring (bicyclic) bond motifs is 1. The summed E-state index contributed by atoms with van der Waals surface area (Å²) >= 11 is 0. The summed E-state index contributed by atoms with van der Waals surface area (Å²) in [4.78, 5) is 12.1. The number of phenolic OH excluding ortho intramolecular Hbond substituents is 4. The van der Waals surface area contributed by atoms with Gasteiger partial charge < -0.3 is 60.8 Å². The second-order valence-corrected chi connectivity index (χ2v) is 7.51. The van der Waals surface area contributed by atoms with Gasteiger partial charge in [0.05, 0.1) is 12.7 Å². The van der Waals surface area contributed by atoms with Crippen molar-refractivity contribution in [1.82, 2.24) is 5.32 Å². The third-order valence-electron chi connectivity index (χ3n) is 4.91. The minimum Gasteiger partial charge on any atom is -0.508 e. The Balaban J connectivity index is 0.000000287. The van der Waals surface area contributed by atoms with Crippen LogP contribution < -0.4 is 10.7 Å². The molecule has 0 radical (unpaired) electrons. The van der Waals surface area contributed by atoms with Crippen molar-refractivity contribution in [3.8, 4) is 40.1 Å². The average molecular weight is 497 g/mol. The molecule has 3 rings (SSSR count). The van der Waals surface area contributed by atoms with Crippen LogP contribution in [-0.4, -0.2) is 95.7 Å². The van der Waals surface area contributed by atoms with Gasteiger partial charge in [0, 0.05) is 24.2 Å². The Morgan fingerprint density at radius 2 is 1.49 bits per heavy atom. The third kappa shape index (κ3) is 6.30. The van der Waals surface area contributed by atoms with E-state index >= 15 is 0 Å². The summed E-state index contributed by atoms with van der Waals surface area (Å²) in [6.07, 6.45) is -5.65. The molecule has 35 heavy (non-hydrogen) atoms. The molecule has 0 aliphatic rings. The van der Waals surface area contributed by atoms with Gasteiger partial charge in [-0.25, -0.2) is 0 Å². The molecular weight excluding hydrogens is 470 g/mol. The molecule has 3 aromatic rings. The van der Waals surface area contributed by atoms with Gasteiger partial charge in [0.2, 0.25) is 11.2 Å². The molecule has 0 saturated heterocycles. The quantitative estimate of drug-likeness (QED) is 0.169. The van der Waals surface area contributed by atoms with Crippen LogP contribution in [0.1, 0.15) is 0 Å². The van der Waals surface area contributed by atoms with E-state index in [0.29, 0.717) is 0 Å². The summed E-state index contributed by atoms with van der Waals surface area (Å²) in [5.74, 6) is -2.71. The Morgan fingerprint density at radius 3 is 2.06 bits per heavy atom. The second kappa shape index (κ2) is 11.7. The molecule has 11 N–H and O–H groups in total. The lowest BCUT2D eigenvalue weighted by Crippen LogP contribution is -2.48. The van der Waals surface area contributed by atoms with E-state index in [0.717, 1.165) is 24.3 Å². The molecule has 0 bridgehead atoms. The fraction of sp³-hybridized carbons (Fsp3) is 0.318. The smallest absolute Gasteiger partial charge is 0.238 e. The Bertz CT molecular complexity index is 1210.